The fraction of sp³-hybridized carbons (Fsp3) is 0.222. The van der Waals surface area contributed by atoms with Crippen molar-refractivity contribution in [3.8, 4) is 0 Å². The molecule has 2 N–H and O–H groups in total. The van der Waals surface area contributed by atoms with Gasteiger partial charge < -0.3 is 10.1 Å². The van der Waals surface area contributed by atoms with Gasteiger partial charge in [0.05, 0.1) is 0 Å². The Bertz CT molecular complexity index is 381. The summed E-state index contributed by atoms with van der Waals surface area (Å²) < 4.78 is 0. The van der Waals surface area contributed by atoms with Crippen LogP contribution in [0.4, 0.5) is 0 Å². The van der Waals surface area contributed by atoms with Crippen LogP contribution in [0.5, 0.6) is 0 Å². The number of aromatic nitrogens is 2. The summed E-state index contributed by atoms with van der Waals surface area (Å²) in [6.45, 7) is 0.182. The van der Waals surface area contributed by atoms with E-state index in [9.17, 15) is 0 Å². The van der Waals surface area contributed by atoms with Gasteiger partial charge in [0.1, 0.15) is 5.65 Å². The largest absolute Gasteiger partial charge is 0.396 e. The molecule has 2 aromatic rings. The molecule has 0 radical (unpaired) electrons. The molecule has 3 nitrogen and oxygen atoms in total. The molecular formula is C9H10N2O. The molecule has 0 aliphatic rings. The molecule has 2 rings (SSSR count). The maximum Gasteiger partial charge on any atom is 0.137 e. The van der Waals surface area contributed by atoms with Crippen molar-refractivity contribution in [1.82, 2.24) is 9.97 Å². The smallest absolute Gasteiger partial charge is 0.137 e. The number of pyridine rings is 1. The van der Waals surface area contributed by atoms with Gasteiger partial charge in [0.15, 0.2) is 0 Å². The standard InChI is InChI=1S/C9H10N2O/c12-5-3-7-6-11-9-8(7)2-1-4-10-9/h1-2,4,6,12H,3,5H2,(H,10,11). The number of hydrogen-bond acceptors (Lipinski definition) is 2. The third kappa shape index (κ3) is 1.08. The van der Waals surface area contributed by atoms with Crippen molar-refractivity contribution in [3.05, 3.63) is 30.1 Å². The highest BCUT2D eigenvalue weighted by Gasteiger charge is 2.01. The summed E-state index contributed by atoms with van der Waals surface area (Å²) in [4.78, 5) is 7.20. The number of fused-ring (bicyclic) bond motifs is 1. The molecule has 62 valence electrons. The first kappa shape index (κ1) is 7.31. The van der Waals surface area contributed by atoms with Gasteiger partial charge in [-0.3, -0.25) is 0 Å². The van der Waals surface area contributed by atoms with E-state index < -0.39 is 0 Å². The predicted molar refractivity (Wildman–Crippen MR) is 46.9 cm³/mol. The third-order valence-corrected chi connectivity index (χ3v) is 1.92. The van der Waals surface area contributed by atoms with Crippen molar-refractivity contribution in [1.29, 1.82) is 0 Å². The van der Waals surface area contributed by atoms with Crippen molar-refractivity contribution in [2.24, 2.45) is 0 Å². The summed E-state index contributed by atoms with van der Waals surface area (Å²) in [7, 11) is 0. The Kier molecular flexibility index (Phi) is 1.80. The van der Waals surface area contributed by atoms with Crippen LogP contribution in [-0.2, 0) is 6.42 Å². The molecule has 3 heteroatoms. The van der Waals surface area contributed by atoms with Crippen LogP contribution in [0.15, 0.2) is 24.5 Å². The molecule has 0 saturated carbocycles. The van der Waals surface area contributed by atoms with E-state index in [1.165, 1.54) is 0 Å². The molecule has 0 saturated heterocycles. The Morgan fingerprint density at radius 1 is 1.50 bits per heavy atom. The topological polar surface area (TPSA) is 48.9 Å². The van der Waals surface area contributed by atoms with Crippen LogP contribution in [0.3, 0.4) is 0 Å². The average molecular weight is 162 g/mol. The average Bonchev–Trinajstić information content (AvgIpc) is 2.50. The van der Waals surface area contributed by atoms with Gasteiger partial charge in [-0.2, -0.15) is 0 Å². The zero-order valence-electron chi connectivity index (χ0n) is 6.62. The number of aromatic amines is 1. The number of H-pyrrole nitrogens is 1. The Morgan fingerprint density at radius 3 is 3.25 bits per heavy atom. The van der Waals surface area contributed by atoms with Crippen LogP contribution in [0, 0.1) is 0 Å². The van der Waals surface area contributed by atoms with Crippen LogP contribution >= 0.6 is 0 Å². The van der Waals surface area contributed by atoms with Gasteiger partial charge in [-0.05, 0) is 24.1 Å². The summed E-state index contributed by atoms with van der Waals surface area (Å²) in [6.07, 6.45) is 4.33. The number of rotatable bonds is 2. The Labute approximate surface area is 70.1 Å². The van der Waals surface area contributed by atoms with Crippen molar-refractivity contribution >= 4 is 11.0 Å². The normalized spacial score (nSPS) is 10.8. The highest BCUT2D eigenvalue weighted by Crippen LogP contribution is 2.15. The third-order valence-electron chi connectivity index (χ3n) is 1.92. The summed E-state index contributed by atoms with van der Waals surface area (Å²) >= 11 is 0. The second-order valence-electron chi connectivity index (χ2n) is 2.69. The molecule has 2 heterocycles. The van der Waals surface area contributed by atoms with Gasteiger partial charge in [-0.15, -0.1) is 0 Å². The quantitative estimate of drug-likeness (QED) is 0.694. The van der Waals surface area contributed by atoms with Gasteiger partial charge in [-0.25, -0.2) is 4.98 Å². The summed E-state index contributed by atoms with van der Waals surface area (Å²) in [6, 6.07) is 3.90. The summed E-state index contributed by atoms with van der Waals surface area (Å²) in [5.74, 6) is 0. The highest BCUT2D eigenvalue weighted by atomic mass is 16.2. The van der Waals surface area contributed by atoms with Crippen molar-refractivity contribution in [2.45, 2.75) is 6.42 Å². The fourth-order valence-electron chi connectivity index (χ4n) is 1.34. The monoisotopic (exact) mass is 162 g/mol. The van der Waals surface area contributed by atoms with E-state index in [1.54, 1.807) is 6.20 Å². The van der Waals surface area contributed by atoms with E-state index in [1.807, 2.05) is 18.3 Å². The summed E-state index contributed by atoms with van der Waals surface area (Å²) in [5.41, 5.74) is 2.02. The van der Waals surface area contributed by atoms with E-state index in [2.05, 4.69) is 9.97 Å². The van der Waals surface area contributed by atoms with Crippen LogP contribution in [-0.4, -0.2) is 21.7 Å². The number of hydrogen-bond donors (Lipinski definition) is 2. The molecule has 0 spiro atoms. The zero-order chi connectivity index (χ0) is 8.39. The number of nitrogens with one attached hydrogen (secondary N) is 1. The lowest BCUT2D eigenvalue weighted by Crippen LogP contribution is -1.87. The van der Waals surface area contributed by atoms with Crippen molar-refractivity contribution < 1.29 is 5.11 Å². The number of aliphatic hydroxyl groups excluding tert-OH is 1. The van der Waals surface area contributed by atoms with Gasteiger partial charge in [0.2, 0.25) is 0 Å². The minimum atomic E-state index is 0.182. The van der Waals surface area contributed by atoms with Crippen LogP contribution in [0.25, 0.3) is 11.0 Å². The van der Waals surface area contributed by atoms with E-state index in [-0.39, 0.29) is 6.61 Å². The second-order valence-corrected chi connectivity index (χ2v) is 2.69. The van der Waals surface area contributed by atoms with Gasteiger partial charge in [0, 0.05) is 24.4 Å². The SMILES string of the molecule is OCCc1c[nH]c2ncccc12. The lowest BCUT2D eigenvalue weighted by atomic mass is 10.2. The minimum Gasteiger partial charge on any atom is -0.396 e. The fourth-order valence-corrected chi connectivity index (χ4v) is 1.34. The van der Waals surface area contributed by atoms with Crippen molar-refractivity contribution in [3.63, 3.8) is 0 Å². The molecule has 2 aromatic heterocycles. The van der Waals surface area contributed by atoms with E-state index in [0.29, 0.717) is 6.42 Å². The van der Waals surface area contributed by atoms with Crippen LogP contribution < -0.4 is 0 Å². The van der Waals surface area contributed by atoms with Gasteiger partial charge >= 0.3 is 0 Å². The van der Waals surface area contributed by atoms with E-state index >= 15 is 0 Å². The number of aliphatic hydroxyl groups is 1. The molecule has 12 heavy (non-hydrogen) atoms. The predicted octanol–water partition coefficient (Wildman–Crippen LogP) is 1.10. The van der Waals surface area contributed by atoms with Gasteiger partial charge in [-0.1, -0.05) is 0 Å². The first-order valence-electron chi connectivity index (χ1n) is 3.93. The van der Waals surface area contributed by atoms with E-state index in [4.69, 9.17) is 5.11 Å². The van der Waals surface area contributed by atoms with E-state index in [0.717, 1.165) is 16.6 Å². The maximum atomic E-state index is 8.76. The Balaban J connectivity index is 2.55. The highest BCUT2D eigenvalue weighted by molar-refractivity contribution is 5.79. The first-order valence-corrected chi connectivity index (χ1v) is 3.93. The summed E-state index contributed by atoms with van der Waals surface area (Å²) in [5, 5.41) is 9.87. The first-order chi connectivity index (χ1) is 5.92. The zero-order valence-corrected chi connectivity index (χ0v) is 6.62. The minimum absolute atomic E-state index is 0.182. The van der Waals surface area contributed by atoms with Crippen LogP contribution in [0.2, 0.25) is 0 Å². The number of nitrogens with zero attached hydrogens (tertiary/aromatic N) is 1. The molecule has 0 atom stereocenters. The molecule has 0 amide bonds. The molecule has 0 unspecified atom stereocenters. The second kappa shape index (κ2) is 2.95. The molecule has 0 aliphatic carbocycles. The Hall–Kier alpha value is -1.35. The molecular weight excluding hydrogens is 152 g/mol. The lowest BCUT2D eigenvalue weighted by Gasteiger charge is -1.92. The van der Waals surface area contributed by atoms with Gasteiger partial charge in [0.25, 0.3) is 0 Å². The molecule has 0 fully saturated rings. The molecule has 0 aliphatic heterocycles. The van der Waals surface area contributed by atoms with Crippen LogP contribution in [0.1, 0.15) is 5.56 Å². The molecule has 0 bridgehead atoms. The maximum absolute atomic E-state index is 8.76. The lowest BCUT2D eigenvalue weighted by molar-refractivity contribution is 0.300. The molecule has 0 aromatic carbocycles. The van der Waals surface area contributed by atoms with Crippen molar-refractivity contribution in [2.75, 3.05) is 6.61 Å². The Morgan fingerprint density at radius 2 is 2.42 bits per heavy atom.